The number of halogens is 1. The molecule has 1 aliphatic heterocycles. The maximum atomic E-state index is 12.3. The van der Waals surface area contributed by atoms with E-state index in [4.69, 9.17) is 0 Å². The molecule has 4 heteroatoms. The number of aliphatic hydroxyl groups excluding tert-OH is 1. The number of hydrogen-bond donors (Lipinski definition) is 1. The fourth-order valence-electron chi connectivity index (χ4n) is 2.64. The standard InChI is InChI=1S/C15H20BrNO2/c1-11(12-4-6-13(16)7-5-12)9-15(19)17-8-2-3-14(17)10-18/h4-7,11,14,18H,2-3,8-10H2,1H3/t11?,14-/m1/s1. The van der Waals surface area contributed by atoms with Crippen LogP contribution in [0.3, 0.4) is 0 Å². The smallest absolute Gasteiger partial charge is 0.223 e. The van der Waals surface area contributed by atoms with Gasteiger partial charge in [-0.3, -0.25) is 4.79 Å². The highest BCUT2D eigenvalue weighted by Crippen LogP contribution is 2.25. The highest BCUT2D eigenvalue weighted by molar-refractivity contribution is 9.10. The lowest BCUT2D eigenvalue weighted by Crippen LogP contribution is -2.38. The van der Waals surface area contributed by atoms with Crippen LogP contribution in [0.15, 0.2) is 28.7 Å². The third kappa shape index (κ3) is 3.57. The van der Waals surface area contributed by atoms with Crippen molar-refractivity contribution in [3.05, 3.63) is 34.3 Å². The number of benzene rings is 1. The monoisotopic (exact) mass is 325 g/mol. The Labute approximate surface area is 122 Å². The van der Waals surface area contributed by atoms with Crippen LogP contribution < -0.4 is 0 Å². The van der Waals surface area contributed by atoms with Crippen LogP contribution >= 0.6 is 15.9 Å². The molecule has 1 N–H and O–H groups in total. The van der Waals surface area contributed by atoms with Crippen LogP contribution in [0.4, 0.5) is 0 Å². The zero-order valence-electron chi connectivity index (χ0n) is 11.2. The second kappa shape index (κ2) is 6.53. The van der Waals surface area contributed by atoms with Crippen LogP contribution in [-0.2, 0) is 4.79 Å². The summed E-state index contributed by atoms with van der Waals surface area (Å²) in [6.45, 7) is 2.95. The third-order valence-electron chi connectivity index (χ3n) is 3.83. The van der Waals surface area contributed by atoms with Crippen molar-refractivity contribution in [2.75, 3.05) is 13.2 Å². The van der Waals surface area contributed by atoms with Gasteiger partial charge in [-0.15, -0.1) is 0 Å². The van der Waals surface area contributed by atoms with Gasteiger partial charge < -0.3 is 10.0 Å². The van der Waals surface area contributed by atoms with Crippen molar-refractivity contribution >= 4 is 21.8 Å². The molecular weight excluding hydrogens is 306 g/mol. The summed E-state index contributed by atoms with van der Waals surface area (Å²) in [7, 11) is 0. The quantitative estimate of drug-likeness (QED) is 0.924. The highest BCUT2D eigenvalue weighted by Gasteiger charge is 2.28. The maximum absolute atomic E-state index is 12.3. The van der Waals surface area contributed by atoms with Crippen molar-refractivity contribution in [3.8, 4) is 0 Å². The Hall–Kier alpha value is -0.870. The lowest BCUT2D eigenvalue weighted by atomic mass is 9.97. The van der Waals surface area contributed by atoms with E-state index in [1.165, 1.54) is 5.56 Å². The van der Waals surface area contributed by atoms with Crippen molar-refractivity contribution in [3.63, 3.8) is 0 Å². The Bertz CT molecular complexity index is 432. The Kier molecular flexibility index (Phi) is 4.99. The SMILES string of the molecule is CC(CC(=O)N1CCC[C@@H]1CO)c1ccc(Br)cc1. The normalized spacial score (nSPS) is 20.6. The lowest BCUT2D eigenvalue weighted by molar-refractivity contribution is -0.133. The molecule has 104 valence electrons. The Morgan fingerprint density at radius 2 is 2.16 bits per heavy atom. The molecule has 1 amide bonds. The predicted molar refractivity (Wildman–Crippen MR) is 79.0 cm³/mol. The molecule has 2 rings (SSSR count). The number of amides is 1. The van der Waals surface area contributed by atoms with E-state index >= 15 is 0 Å². The molecule has 19 heavy (non-hydrogen) atoms. The first-order valence-electron chi connectivity index (χ1n) is 6.77. The first-order chi connectivity index (χ1) is 9.11. The van der Waals surface area contributed by atoms with E-state index in [9.17, 15) is 9.90 Å². The van der Waals surface area contributed by atoms with Crippen LogP contribution in [0.25, 0.3) is 0 Å². The summed E-state index contributed by atoms with van der Waals surface area (Å²) in [5, 5.41) is 9.27. The minimum atomic E-state index is 0.0321. The van der Waals surface area contributed by atoms with Gasteiger partial charge in [-0.25, -0.2) is 0 Å². The van der Waals surface area contributed by atoms with E-state index in [1.807, 2.05) is 17.0 Å². The first-order valence-corrected chi connectivity index (χ1v) is 7.57. The van der Waals surface area contributed by atoms with Gasteiger partial charge in [0.05, 0.1) is 12.6 Å². The number of carbonyl (C=O) groups excluding carboxylic acids is 1. The minimum absolute atomic E-state index is 0.0321. The Morgan fingerprint density at radius 3 is 2.79 bits per heavy atom. The summed E-state index contributed by atoms with van der Waals surface area (Å²) in [6, 6.07) is 8.14. The van der Waals surface area contributed by atoms with Crippen LogP contribution in [0.2, 0.25) is 0 Å². The van der Waals surface area contributed by atoms with E-state index < -0.39 is 0 Å². The fraction of sp³-hybridized carbons (Fsp3) is 0.533. The average molecular weight is 326 g/mol. The van der Waals surface area contributed by atoms with Crippen molar-refractivity contribution in [2.45, 2.75) is 38.1 Å². The molecule has 0 bridgehead atoms. The number of carbonyl (C=O) groups is 1. The van der Waals surface area contributed by atoms with E-state index in [1.54, 1.807) is 0 Å². The third-order valence-corrected chi connectivity index (χ3v) is 4.36. The summed E-state index contributed by atoms with van der Waals surface area (Å²) in [4.78, 5) is 14.1. The van der Waals surface area contributed by atoms with Gasteiger partial charge in [0.15, 0.2) is 0 Å². The van der Waals surface area contributed by atoms with Gasteiger partial charge >= 0.3 is 0 Å². The topological polar surface area (TPSA) is 40.5 Å². The average Bonchev–Trinajstić information content (AvgIpc) is 2.87. The molecule has 1 unspecified atom stereocenters. The molecule has 0 aromatic heterocycles. The van der Waals surface area contributed by atoms with Crippen LogP contribution in [0.5, 0.6) is 0 Å². The summed E-state index contributed by atoms with van der Waals surface area (Å²) in [5.41, 5.74) is 1.18. The summed E-state index contributed by atoms with van der Waals surface area (Å²) in [6.07, 6.45) is 2.44. The summed E-state index contributed by atoms with van der Waals surface area (Å²) >= 11 is 3.41. The summed E-state index contributed by atoms with van der Waals surface area (Å²) < 4.78 is 1.05. The number of likely N-dealkylation sites (tertiary alicyclic amines) is 1. The number of aliphatic hydroxyl groups is 1. The molecule has 1 fully saturated rings. The van der Waals surface area contributed by atoms with Gasteiger partial charge in [0.2, 0.25) is 5.91 Å². The Morgan fingerprint density at radius 1 is 1.47 bits per heavy atom. The Balaban J connectivity index is 1.96. The molecule has 0 aliphatic carbocycles. The van der Waals surface area contributed by atoms with Crippen molar-refractivity contribution in [1.82, 2.24) is 4.90 Å². The van der Waals surface area contributed by atoms with Crippen LogP contribution in [0.1, 0.15) is 37.7 Å². The molecule has 1 heterocycles. The molecule has 3 nitrogen and oxygen atoms in total. The van der Waals surface area contributed by atoms with E-state index in [0.29, 0.717) is 6.42 Å². The molecule has 2 atom stereocenters. The molecule has 0 spiro atoms. The molecule has 1 aromatic carbocycles. The summed E-state index contributed by atoms with van der Waals surface area (Å²) in [5.74, 6) is 0.368. The van der Waals surface area contributed by atoms with Crippen LogP contribution in [-0.4, -0.2) is 35.1 Å². The second-order valence-electron chi connectivity index (χ2n) is 5.22. The highest BCUT2D eigenvalue weighted by atomic mass is 79.9. The van der Waals surface area contributed by atoms with Crippen molar-refractivity contribution < 1.29 is 9.90 Å². The molecule has 0 radical (unpaired) electrons. The molecule has 1 aromatic rings. The number of hydrogen-bond acceptors (Lipinski definition) is 2. The van der Waals surface area contributed by atoms with Crippen LogP contribution in [0, 0.1) is 0 Å². The molecule has 1 saturated heterocycles. The minimum Gasteiger partial charge on any atom is -0.394 e. The second-order valence-corrected chi connectivity index (χ2v) is 6.14. The molecular formula is C15H20BrNO2. The van der Waals surface area contributed by atoms with Crippen molar-refractivity contribution in [1.29, 1.82) is 0 Å². The molecule has 0 saturated carbocycles. The first kappa shape index (κ1) is 14.5. The fourth-order valence-corrected chi connectivity index (χ4v) is 2.91. The largest absolute Gasteiger partial charge is 0.394 e. The zero-order valence-corrected chi connectivity index (χ0v) is 12.8. The van der Waals surface area contributed by atoms with E-state index in [2.05, 4.69) is 35.0 Å². The van der Waals surface area contributed by atoms with Gasteiger partial charge in [0, 0.05) is 17.4 Å². The van der Waals surface area contributed by atoms with Gasteiger partial charge in [0.25, 0.3) is 0 Å². The maximum Gasteiger partial charge on any atom is 0.223 e. The predicted octanol–water partition coefficient (Wildman–Crippen LogP) is 2.93. The van der Waals surface area contributed by atoms with Gasteiger partial charge in [-0.1, -0.05) is 35.0 Å². The van der Waals surface area contributed by atoms with Gasteiger partial charge in [0.1, 0.15) is 0 Å². The van der Waals surface area contributed by atoms with E-state index in [-0.39, 0.29) is 24.5 Å². The molecule has 1 aliphatic rings. The van der Waals surface area contributed by atoms with Gasteiger partial charge in [-0.05, 0) is 36.5 Å². The lowest BCUT2D eigenvalue weighted by Gasteiger charge is -2.24. The zero-order chi connectivity index (χ0) is 13.8. The number of nitrogens with zero attached hydrogens (tertiary/aromatic N) is 1. The van der Waals surface area contributed by atoms with Gasteiger partial charge in [-0.2, -0.15) is 0 Å². The number of rotatable bonds is 4. The van der Waals surface area contributed by atoms with Crippen molar-refractivity contribution in [2.24, 2.45) is 0 Å². The van der Waals surface area contributed by atoms with E-state index in [0.717, 1.165) is 23.9 Å².